The molecular formula is C22H17F3N4S. The first kappa shape index (κ1) is 20.0. The van der Waals surface area contributed by atoms with Crippen LogP contribution in [0.2, 0.25) is 0 Å². The maximum absolute atomic E-state index is 12.7. The number of hydrogen-bond acceptors (Lipinski definition) is 4. The summed E-state index contributed by atoms with van der Waals surface area (Å²) >= 11 is 1.66. The summed E-state index contributed by atoms with van der Waals surface area (Å²) in [6, 6.07) is 13.1. The Balaban J connectivity index is 1.50. The second-order valence-electron chi connectivity index (χ2n) is 6.84. The van der Waals surface area contributed by atoms with Gasteiger partial charge in [0.1, 0.15) is 5.82 Å². The number of rotatable bonds is 5. The van der Waals surface area contributed by atoms with Crippen molar-refractivity contribution in [3.05, 3.63) is 78.3 Å². The van der Waals surface area contributed by atoms with Crippen LogP contribution < -0.4 is 10.6 Å². The molecule has 3 N–H and O–H groups in total. The molecule has 1 aromatic heterocycles. The fraction of sp³-hybridized carbons (Fsp3) is 0.136. The third kappa shape index (κ3) is 4.16. The van der Waals surface area contributed by atoms with E-state index in [0.29, 0.717) is 11.5 Å². The molecule has 0 amide bonds. The van der Waals surface area contributed by atoms with Crippen molar-refractivity contribution in [2.45, 2.75) is 6.18 Å². The number of thioether (sulfide) groups is 1. The summed E-state index contributed by atoms with van der Waals surface area (Å²) in [5.41, 5.74) is 2.56. The molecule has 4 rings (SSSR count). The molecule has 2 aromatic carbocycles. The molecule has 2 heterocycles. The molecule has 8 heteroatoms. The monoisotopic (exact) mass is 426 g/mol. The normalized spacial score (nSPS) is 16.2. The van der Waals surface area contributed by atoms with Gasteiger partial charge in [-0.1, -0.05) is 18.7 Å². The maximum atomic E-state index is 12.7. The molecule has 0 spiro atoms. The van der Waals surface area contributed by atoms with Gasteiger partial charge in [0.2, 0.25) is 0 Å². The Morgan fingerprint density at radius 3 is 2.60 bits per heavy atom. The van der Waals surface area contributed by atoms with Crippen LogP contribution in [0.15, 0.2) is 67.1 Å². The van der Waals surface area contributed by atoms with Crippen molar-refractivity contribution in [1.82, 2.24) is 4.98 Å². The summed E-state index contributed by atoms with van der Waals surface area (Å²) in [6.07, 6.45) is -0.575. The molecule has 0 aliphatic carbocycles. The van der Waals surface area contributed by atoms with E-state index in [4.69, 9.17) is 5.26 Å². The van der Waals surface area contributed by atoms with E-state index in [-0.39, 0.29) is 5.92 Å². The predicted molar refractivity (Wildman–Crippen MR) is 116 cm³/mol. The quantitative estimate of drug-likeness (QED) is 0.441. The fourth-order valence-electron chi connectivity index (χ4n) is 3.20. The van der Waals surface area contributed by atoms with Crippen molar-refractivity contribution in [1.29, 1.82) is 5.26 Å². The van der Waals surface area contributed by atoms with Crippen LogP contribution in [0.4, 0.5) is 24.5 Å². The molecule has 152 valence electrons. The molecular weight excluding hydrogens is 409 g/mol. The first-order valence-corrected chi connectivity index (χ1v) is 10.1. The molecule has 0 saturated carbocycles. The van der Waals surface area contributed by atoms with Gasteiger partial charge in [0.25, 0.3) is 0 Å². The number of benzene rings is 2. The third-order valence-corrected chi connectivity index (χ3v) is 5.90. The van der Waals surface area contributed by atoms with Gasteiger partial charge in [0.05, 0.1) is 23.2 Å². The van der Waals surface area contributed by atoms with Gasteiger partial charge in [0, 0.05) is 33.4 Å². The number of anilines is 2. The van der Waals surface area contributed by atoms with Gasteiger partial charge < -0.3 is 15.6 Å². The van der Waals surface area contributed by atoms with Crippen molar-refractivity contribution in [2.75, 3.05) is 16.4 Å². The highest BCUT2D eigenvalue weighted by atomic mass is 32.2. The number of nitrogens with zero attached hydrogens (tertiary/aromatic N) is 1. The fourth-order valence-corrected chi connectivity index (χ4v) is 4.28. The number of fused-ring (bicyclic) bond motifs is 1. The number of hydrogen-bond donors (Lipinski definition) is 3. The SMILES string of the molecule is C=C(Nc1ccc(C(F)(F)F)cc1)Nc1c[nH]c2ccc(C3=CC(C#N)CS3)cc12. The van der Waals surface area contributed by atoms with E-state index < -0.39 is 11.7 Å². The van der Waals surface area contributed by atoms with Crippen molar-refractivity contribution in [3.8, 4) is 6.07 Å². The number of allylic oxidation sites excluding steroid dienone is 1. The van der Waals surface area contributed by atoms with Crippen molar-refractivity contribution in [3.63, 3.8) is 0 Å². The zero-order valence-corrected chi connectivity index (χ0v) is 16.5. The summed E-state index contributed by atoms with van der Waals surface area (Å²) in [5.74, 6) is 1.12. The van der Waals surface area contributed by atoms with E-state index in [0.717, 1.165) is 44.9 Å². The van der Waals surface area contributed by atoms with Crippen LogP contribution in [0.3, 0.4) is 0 Å². The van der Waals surface area contributed by atoms with E-state index in [1.54, 1.807) is 11.8 Å². The molecule has 0 radical (unpaired) electrons. The van der Waals surface area contributed by atoms with Gasteiger partial charge in [-0.05, 0) is 42.0 Å². The molecule has 1 unspecified atom stereocenters. The number of aromatic amines is 1. The van der Waals surface area contributed by atoms with Gasteiger partial charge in [0.15, 0.2) is 0 Å². The van der Waals surface area contributed by atoms with Crippen LogP contribution in [0.25, 0.3) is 15.8 Å². The number of halogens is 3. The second-order valence-corrected chi connectivity index (χ2v) is 7.91. The van der Waals surface area contributed by atoms with Gasteiger partial charge >= 0.3 is 6.18 Å². The summed E-state index contributed by atoms with van der Waals surface area (Å²) in [7, 11) is 0. The van der Waals surface area contributed by atoms with Crippen LogP contribution in [-0.2, 0) is 6.18 Å². The molecule has 1 aliphatic heterocycles. The Labute approximate surface area is 175 Å². The Bertz CT molecular complexity index is 1170. The largest absolute Gasteiger partial charge is 0.416 e. The van der Waals surface area contributed by atoms with Gasteiger partial charge in [-0.3, -0.25) is 0 Å². The Morgan fingerprint density at radius 1 is 1.17 bits per heavy atom. The van der Waals surface area contributed by atoms with Gasteiger partial charge in [-0.15, -0.1) is 11.8 Å². The molecule has 0 saturated heterocycles. The predicted octanol–water partition coefficient (Wildman–Crippen LogP) is 6.41. The smallest absolute Gasteiger partial charge is 0.359 e. The average Bonchev–Trinajstić information content (AvgIpc) is 3.34. The van der Waals surface area contributed by atoms with Crippen LogP contribution in [0.5, 0.6) is 0 Å². The minimum Gasteiger partial charge on any atom is -0.359 e. The lowest BCUT2D eigenvalue weighted by Gasteiger charge is -2.13. The van der Waals surface area contributed by atoms with E-state index >= 15 is 0 Å². The number of nitriles is 1. The van der Waals surface area contributed by atoms with Gasteiger partial charge in [-0.2, -0.15) is 18.4 Å². The lowest BCUT2D eigenvalue weighted by atomic mass is 10.1. The summed E-state index contributed by atoms with van der Waals surface area (Å²) in [6.45, 7) is 3.91. The lowest BCUT2D eigenvalue weighted by Crippen LogP contribution is -2.09. The van der Waals surface area contributed by atoms with Crippen LogP contribution >= 0.6 is 11.8 Å². The lowest BCUT2D eigenvalue weighted by molar-refractivity contribution is -0.137. The van der Waals surface area contributed by atoms with E-state index in [9.17, 15) is 13.2 Å². The zero-order valence-electron chi connectivity index (χ0n) is 15.7. The molecule has 1 atom stereocenters. The topological polar surface area (TPSA) is 63.6 Å². The van der Waals surface area contributed by atoms with E-state index in [1.807, 2.05) is 30.5 Å². The molecule has 4 nitrogen and oxygen atoms in total. The Hall–Kier alpha value is -3.31. The highest BCUT2D eigenvalue weighted by molar-refractivity contribution is 8.08. The summed E-state index contributed by atoms with van der Waals surface area (Å²) in [5, 5.41) is 16.2. The van der Waals surface area contributed by atoms with Crippen LogP contribution in [0, 0.1) is 17.2 Å². The van der Waals surface area contributed by atoms with E-state index in [1.165, 1.54) is 12.1 Å². The number of aromatic nitrogens is 1. The minimum absolute atomic E-state index is 0.0720. The highest BCUT2D eigenvalue weighted by Gasteiger charge is 2.29. The van der Waals surface area contributed by atoms with Crippen LogP contribution in [0.1, 0.15) is 11.1 Å². The van der Waals surface area contributed by atoms with E-state index in [2.05, 4.69) is 28.3 Å². The van der Waals surface area contributed by atoms with Crippen molar-refractivity contribution in [2.24, 2.45) is 5.92 Å². The second kappa shape index (κ2) is 7.84. The Morgan fingerprint density at radius 2 is 1.93 bits per heavy atom. The van der Waals surface area contributed by atoms with Gasteiger partial charge in [-0.25, -0.2) is 0 Å². The maximum Gasteiger partial charge on any atom is 0.416 e. The van der Waals surface area contributed by atoms with Crippen molar-refractivity contribution >= 4 is 38.9 Å². The minimum atomic E-state index is -4.37. The standard InChI is InChI=1S/C22H17F3N4S/c1-13(28-17-5-3-16(4-6-17)22(23,24)25)29-20-11-27-19-7-2-15(9-18(19)20)21-8-14(10-26)12-30-21/h2-9,11,14,27-29H,1,12H2. The highest BCUT2D eigenvalue weighted by Crippen LogP contribution is 2.38. The Kier molecular flexibility index (Phi) is 5.22. The number of alkyl halides is 3. The first-order valence-electron chi connectivity index (χ1n) is 9.09. The molecule has 1 aliphatic rings. The molecule has 0 bridgehead atoms. The molecule has 30 heavy (non-hydrogen) atoms. The third-order valence-electron chi connectivity index (χ3n) is 4.70. The zero-order chi connectivity index (χ0) is 21.3. The number of nitrogens with one attached hydrogen (secondary N) is 3. The number of H-pyrrole nitrogens is 1. The first-order chi connectivity index (χ1) is 14.3. The summed E-state index contributed by atoms with van der Waals surface area (Å²) < 4.78 is 38.1. The summed E-state index contributed by atoms with van der Waals surface area (Å²) in [4.78, 5) is 4.27. The average molecular weight is 426 g/mol. The van der Waals surface area contributed by atoms with Crippen LogP contribution in [-0.4, -0.2) is 10.7 Å². The molecule has 3 aromatic rings. The molecule has 0 fully saturated rings. The van der Waals surface area contributed by atoms with Crippen molar-refractivity contribution < 1.29 is 13.2 Å².